The molecule has 0 bridgehead atoms. The Morgan fingerprint density at radius 2 is 2.03 bits per heavy atom. The summed E-state index contributed by atoms with van der Waals surface area (Å²) in [5, 5.41) is 3.65. The van der Waals surface area contributed by atoms with E-state index in [1.807, 2.05) is 24.5 Å². The molecule has 5 heteroatoms. The highest BCUT2D eigenvalue weighted by atomic mass is 32.2. The Balaban J connectivity index is 1.97. The zero-order valence-corrected chi connectivity index (χ0v) is 19.1. The molecule has 0 saturated heterocycles. The molecule has 1 atom stereocenters. The van der Waals surface area contributed by atoms with Crippen molar-refractivity contribution in [2.75, 3.05) is 24.6 Å². The first-order valence-electron chi connectivity index (χ1n) is 10.2. The Hall–Kier alpha value is -2.53. The van der Waals surface area contributed by atoms with Crippen LogP contribution in [0.5, 0.6) is 17.2 Å². The van der Waals surface area contributed by atoms with Gasteiger partial charge in [-0.05, 0) is 56.4 Å². The number of anilines is 1. The molecule has 0 spiro atoms. The first kappa shape index (κ1) is 20.7. The lowest BCUT2D eigenvalue weighted by Crippen LogP contribution is -2.32. The number of benzene rings is 2. The summed E-state index contributed by atoms with van der Waals surface area (Å²) in [6, 6.07) is 8.25. The van der Waals surface area contributed by atoms with Gasteiger partial charge in [-0.2, -0.15) is 0 Å². The molecular formula is C25H29NO3S. The molecule has 0 amide bonds. The zero-order chi connectivity index (χ0) is 21.5. The number of hydrogen-bond donors (Lipinski definition) is 1. The molecule has 30 heavy (non-hydrogen) atoms. The molecule has 2 heterocycles. The van der Waals surface area contributed by atoms with Gasteiger partial charge < -0.3 is 19.5 Å². The SMILES string of the molecule is C=CCC1Oc2ccc(OCSC)c(OC)c2-c2ccc3c(c21)C(C)=CC(C)(C)N3. The predicted octanol–water partition coefficient (Wildman–Crippen LogP) is 6.68. The van der Waals surface area contributed by atoms with E-state index in [1.54, 1.807) is 18.9 Å². The predicted molar refractivity (Wildman–Crippen MR) is 127 cm³/mol. The molecule has 1 N–H and O–H groups in total. The zero-order valence-electron chi connectivity index (χ0n) is 18.3. The summed E-state index contributed by atoms with van der Waals surface area (Å²) in [6.07, 6.45) is 6.84. The van der Waals surface area contributed by atoms with Crippen LogP contribution in [-0.4, -0.2) is 24.8 Å². The van der Waals surface area contributed by atoms with Gasteiger partial charge in [-0.3, -0.25) is 0 Å². The summed E-state index contributed by atoms with van der Waals surface area (Å²) in [7, 11) is 1.69. The molecule has 0 aliphatic carbocycles. The maximum atomic E-state index is 6.50. The van der Waals surface area contributed by atoms with Crippen LogP contribution in [-0.2, 0) is 0 Å². The van der Waals surface area contributed by atoms with Crippen molar-refractivity contribution in [1.82, 2.24) is 0 Å². The molecule has 0 fully saturated rings. The maximum absolute atomic E-state index is 6.50. The average molecular weight is 424 g/mol. The third-order valence-electron chi connectivity index (χ3n) is 5.54. The Bertz CT molecular complexity index is 1030. The molecule has 0 aromatic heterocycles. The molecular weight excluding hydrogens is 394 g/mol. The van der Waals surface area contributed by atoms with Gasteiger partial charge in [0.05, 0.1) is 18.2 Å². The third-order valence-corrected chi connectivity index (χ3v) is 5.89. The summed E-state index contributed by atoms with van der Waals surface area (Å²) < 4.78 is 18.3. The van der Waals surface area contributed by atoms with Gasteiger partial charge in [0.25, 0.3) is 0 Å². The van der Waals surface area contributed by atoms with E-state index in [1.165, 1.54) is 16.7 Å². The van der Waals surface area contributed by atoms with E-state index >= 15 is 0 Å². The number of methoxy groups -OCH3 is 1. The van der Waals surface area contributed by atoms with Gasteiger partial charge in [0.2, 0.25) is 0 Å². The first-order chi connectivity index (χ1) is 14.4. The molecule has 4 nitrogen and oxygen atoms in total. The maximum Gasteiger partial charge on any atom is 0.172 e. The lowest BCUT2D eigenvalue weighted by Gasteiger charge is -2.37. The van der Waals surface area contributed by atoms with Crippen molar-refractivity contribution in [2.24, 2.45) is 0 Å². The van der Waals surface area contributed by atoms with Crippen molar-refractivity contribution >= 4 is 23.0 Å². The number of thioether (sulfide) groups is 1. The highest BCUT2D eigenvalue weighted by Crippen LogP contribution is 2.54. The van der Waals surface area contributed by atoms with Crippen molar-refractivity contribution in [3.8, 4) is 28.4 Å². The second-order valence-corrected chi connectivity index (χ2v) is 9.09. The minimum atomic E-state index is -0.103. The number of fused-ring (bicyclic) bond motifs is 5. The van der Waals surface area contributed by atoms with Crippen LogP contribution in [0.15, 0.2) is 43.0 Å². The quantitative estimate of drug-likeness (QED) is 0.414. The lowest BCUT2D eigenvalue weighted by atomic mass is 9.81. The second-order valence-electron chi connectivity index (χ2n) is 8.28. The summed E-state index contributed by atoms with van der Waals surface area (Å²) in [5.41, 5.74) is 6.76. The smallest absolute Gasteiger partial charge is 0.172 e. The van der Waals surface area contributed by atoms with Gasteiger partial charge in [-0.1, -0.05) is 18.2 Å². The van der Waals surface area contributed by atoms with Gasteiger partial charge in [0.1, 0.15) is 17.8 Å². The number of allylic oxidation sites excluding steroid dienone is 1. The second kappa shape index (κ2) is 7.95. The first-order valence-corrected chi connectivity index (χ1v) is 11.5. The van der Waals surface area contributed by atoms with Crippen molar-refractivity contribution in [3.05, 3.63) is 54.1 Å². The van der Waals surface area contributed by atoms with E-state index in [0.29, 0.717) is 11.7 Å². The average Bonchev–Trinajstić information content (AvgIpc) is 2.70. The standard InChI is InChI=1S/C25H29NO3S/c1-7-8-18-22-16(9-10-17-21(22)15(2)13-25(3,4)26-17)23-19(29-18)11-12-20(24(23)27-5)28-14-30-6/h7,9-13,18,26H,1,8,14H2,2-6H3. The normalized spacial score (nSPS) is 18.0. The number of nitrogens with one attached hydrogen (secondary N) is 1. The van der Waals surface area contributed by atoms with E-state index in [4.69, 9.17) is 14.2 Å². The molecule has 0 radical (unpaired) electrons. The molecule has 0 saturated carbocycles. The largest absolute Gasteiger partial charge is 0.492 e. The Labute approximate surface area is 183 Å². The Morgan fingerprint density at radius 3 is 2.73 bits per heavy atom. The van der Waals surface area contributed by atoms with E-state index in [0.717, 1.165) is 34.7 Å². The monoisotopic (exact) mass is 423 g/mol. The minimum Gasteiger partial charge on any atom is -0.492 e. The van der Waals surface area contributed by atoms with Gasteiger partial charge in [-0.25, -0.2) is 0 Å². The molecule has 2 aromatic rings. The van der Waals surface area contributed by atoms with Crippen LogP contribution in [0.3, 0.4) is 0 Å². The van der Waals surface area contributed by atoms with E-state index < -0.39 is 0 Å². The molecule has 4 rings (SSSR count). The summed E-state index contributed by atoms with van der Waals surface area (Å²) in [5.74, 6) is 2.82. The fraction of sp³-hybridized carbons (Fsp3) is 0.360. The molecule has 2 aliphatic heterocycles. The Morgan fingerprint density at radius 1 is 1.23 bits per heavy atom. The van der Waals surface area contributed by atoms with Crippen LogP contribution in [0.1, 0.15) is 44.4 Å². The third kappa shape index (κ3) is 3.45. The molecule has 2 aliphatic rings. The van der Waals surface area contributed by atoms with Crippen LogP contribution in [0, 0.1) is 0 Å². The van der Waals surface area contributed by atoms with Crippen molar-refractivity contribution in [3.63, 3.8) is 0 Å². The number of hydrogen-bond acceptors (Lipinski definition) is 5. The van der Waals surface area contributed by atoms with Crippen LogP contribution in [0.4, 0.5) is 5.69 Å². The van der Waals surface area contributed by atoms with Crippen LogP contribution < -0.4 is 19.5 Å². The topological polar surface area (TPSA) is 39.7 Å². The fourth-order valence-electron chi connectivity index (χ4n) is 4.56. The molecule has 158 valence electrons. The van der Waals surface area contributed by atoms with Gasteiger partial charge in [0, 0.05) is 23.2 Å². The highest BCUT2D eigenvalue weighted by Gasteiger charge is 2.35. The van der Waals surface area contributed by atoms with Crippen LogP contribution in [0.2, 0.25) is 0 Å². The van der Waals surface area contributed by atoms with Crippen molar-refractivity contribution in [1.29, 1.82) is 0 Å². The van der Waals surface area contributed by atoms with Crippen LogP contribution in [0.25, 0.3) is 16.7 Å². The fourth-order valence-corrected chi connectivity index (χ4v) is 4.81. The van der Waals surface area contributed by atoms with Crippen LogP contribution >= 0.6 is 11.8 Å². The molecule has 2 aromatic carbocycles. The minimum absolute atomic E-state index is 0.0940. The summed E-state index contributed by atoms with van der Waals surface area (Å²) in [6.45, 7) is 10.5. The van der Waals surface area contributed by atoms with E-state index in [-0.39, 0.29) is 11.6 Å². The van der Waals surface area contributed by atoms with Crippen molar-refractivity contribution in [2.45, 2.75) is 38.8 Å². The number of rotatable bonds is 6. The number of ether oxygens (including phenoxy) is 3. The summed E-state index contributed by atoms with van der Waals surface area (Å²) in [4.78, 5) is 0. The molecule has 1 unspecified atom stereocenters. The van der Waals surface area contributed by atoms with Crippen molar-refractivity contribution < 1.29 is 14.2 Å². The van der Waals surface area contributed by atoms with Gasteiger partial charge in [-0.15, -0.1) is 18.3 Å². The highest BCUT2D eigenvalue weighted by molar-refractivity contribution is 7.98. The Kier molecular flexibility index (Phi) is 5.49. The van der Waals surface area contributed by atoms with E-state index in [2.05, 4.69) is 50.9 Å². The lowest BCUT2D eigenvalue weighted by molar-refractivity contribution is 0.204. The van der Waals surface area contributed by atoms with E-state index in [9.17, 15) is 0 Å². The van der Waals surface area contributed by atoms with Gasteiger partial charge >= 0.3 is 0 Å². The van der Waals surface area contributed by atoms with Gasteiger partial charge in [0.15, 0.2) is 11.5 Å². The summed E-state index contributed by atoms with van der Waals surface area (Å²) >= 11 is 1.63.